The first kappa shape index (κ1) is 21.2. The van der Waals surface area contributed by atoms with Crippen molar-refractivity contribution >= 4 is 23.7 Å². The predicted octanol–water partition coefficient (Wildman–Crippen LogP) is 4.08. The minimum Gasteiger partial charge on any atom is -0.469 e. The number of furan rings is 1. The number of urea groups is 1. The van der Waals surface area contributed by atoms with Gasteiger partial charge in [-0.2, -0.15) is 0 Å². The van der Waals surface area contributed by atoms with Crippen molar-refractivity contribution in [3.8, 4) is 17.1 Å². The summed E-state index contributed by atoms with van der Waals surface area (Å²) in [6.45, 7) is 3.61. The number of hydrogen-bond acceptors (Lipinski definition) is 6. The van der Waals surface area contributed by atoms with Crippen molar-refractivity contribution in [3.05, 3.63) is 48.4 Å². The van der Waals surface area contributed by atoms with Crippen LogP contribution >= 0.6 is 11.8 Å². The van der Waals surface area contributed by atoms with Crippen molar-refractivity contribution in [2.75, 3.05) is 0 Å². The number of aromatic nitrogens is 3. The monoisotopic (exact) mass is 439 g/mol. The molecule has 1 fully saturated rings. The maximum absolute atomic E-state index is 12.6. The number of imide groups is 1. The molecule has 0 spiro atoms. The second-order valence-electron chi connectivity index (χ2n) is 7.57. The van der Waals surface area contributed by atoms with Crippen LogP contribution in [0, 0.1) is 6.92 Å². The fraction of sp³-hybridized carbons (Fsp3) is 0.364. The third kappa shape index (κ3) is 4.82. The summed E-state index contributed by atoms with van der Waals surface area (Å²) in [5.41, 5.74) is 1.70. The summed E-state index contributed by atoms with van der Waals surface area (Å²) in [7, 11) is 0. The number of amides is 3. The van der Waals surface area contributed by atoms with Crippen LogP contribution in [0.3, 0.4) is 0 Å². The van der Waals surface area contributed by atoms with E-state index in [0.29, 0.717) is 11.0 Å². The molecule has 1 aliphatic carbocycles. The highest BCUT2D eigenvalue weighted by atomic mass is 32.2. The number of carbonyl (C=O) groups is 2. The molecule has 2 aromatic heterocycles. The molecule has 0 aliphatic heterocycles. The molecule has 3 aromatic rings. The maximum Gasteiger partial charge on any atom is 0.321 e. The van der Waals surface area contributed by atoms with Gasteiger partial charge in [0.1, 0.15) is 5.76 Å². The molecule has 1 aromatic carbocycles. The first-order valence-corrected chi connectivity index (χ1v) is 11.2. The highest BCUT2D eigenvalue weighted by Crippen LogP contribution is 2.31. The Morgan fingerprint density at radius 3 is 2.58 bits per heavy atom. The third-order valence-electron chi connectivity index (χ3n) is 5.33. The van der Waals surface area contributed by atoms with E-state index in [4.69, 9.17) is 4.42 Å². The summed E-state index contributed by atoms with van der Waals surface area (Å²) in [5, 5.41) is 14.0. The average Bonchev–Trinajstić information content (AvgIpc) is 3.50. The molecule has 4 rings (SSSR count). The highest BCUT2D eigenvalue weighted by Gasteiger charge is 2.25. The number of hydrogen-bond donors (Lipinski definition) is 2. The molecule has 0 saturated heterocycles. The van der Waals surface area contributed by atoms with Crippen LogP contribution in [0.1, 0.15) is 38.4 Å². The molecule has 2 N–H and O–H groups in total. The minimum atomic E-state index is -0.542. The van der Waals surface area contributed by atoms with Gasteiger partial charge in [0.25, 0.3) is 0 Å². The van der Waals surface area contributed by atoms with Gasteiger partial charge in [-0.3, -0.25) is 14.7 Å². The average molecular weight is 440 g/mol. The van der Waals surface area contributed by atoms with Crippen LogP contribution in [-0.2, 0) is 4.79 Å². The lowest BCUT2D eigenvalue weighted by atomic mass is 10.2. The zero-order valence-corrected chi connectivity index (χ0v) is 18.3. The van der Waals surface area contributed by atoms with Crippen LogP contribution in [0.25, 0.3) is 17.1 Å². The Labute approximate surface area is 184 Å². The highest BCUT2D eigenvalue weighted by molar-refractivity contribution is 8.00. The zero-order chi connectivity index (χ0) is 21.8. The van der Waals surface area contributed by atoms with E-state index in [0.717, 1.165) is 42.7 Å². The van der Waals surface area contributed by atoms with Crippen molar-refractivity contribution in [1.29, 1.82) is 0 Å². The van der Waals surface area contributed by atoms with E-state index in [1.54, 1.807) is 13.2 Å². The number of benzene rings is 1. The van der Waals surface area contributed by atoms with Crippen LogP contribution in [0.5, 0.6) is 0 Å². The van der Waals surface area contributed by atoms with Gasteiger partial charge >= 0.3 is 6.03 Å². The molecule has 1 saturated carbocycles. The fourth-order valence-corrected chi connectivity index (χ4v) is 4.53. The molecule has 3 amide bonds. The van der Waals surface area contributed by atoms with Gasteiger partial charge in [0, 0.05) is 11.7 Å². The zero-order valence-electron chi connectivity index (χ0n) is 17.5. The quantitative estimate of drug-likeness (QED) is 0.561. The van der Waals surface area contributed by atoms with Gasteiger partial charge < -0.3 is 9.73 Å². The van der Waals surface area contributed by atoms with E-state index >= 15 is 0 Å². The molecule has 1 aliphatic rings. The fourth-order valence-electron chi connectivity index (χ4n) is 3.66. The van der Waals surface area contributed by atoms with Gasteiger partial charge in [0.05, 0.1) is 17.1 Å². The molecule has 0 bridgehead atoms. The van der Waals surface area contributed by atoms with Gasteiger partial charge in [-0.1, -0.05) is 42.8 Å². The Kier molecular flexibility index (Phi) is 6.41. The molecular weight excluding hydrogens is 414 g/mol. The van der Waals surface area contributed by atoms with Crippen molar-refractivity contribution in [3.63, 3.8) is 0 Å². The van der Waals surface area contributed by atoms with Crippen LogP contribution < -0.4 is 10.6 Å². The molecule has 1 unspecified atom stereocenters. The Morgan fingerprint density at radius 2 is 1.90 bits per heavy atom. The summed E-state index contributed by atoms with van der Waals surface area (Å²) in [6, 6.07) is 11.2. The van der Waals surface area contributed by atoms with Crippen LogP contribution in [0.4, 0.5) is 4.79 Å². The summed E-state index contributed by atoms with van der Waals surface area (Å²) < 4.78 is 7.33. The lowest BCUT2D eigenvalue weighted by molar-refractivity contribution is -0.119. The molecule has 2 heterocycles. The standard InChI is InChI=1S/C22H25N5O3S/c1-14-18(12-13-30-14)19-25-26-22(27(19)17-10-4-3-5-11-17)31-15(2)20(28)24-21(29)23-16-8-6-7-9-16/h3-5,10-13,15-16H,6-9H2,1-2H3,(H2,23,24,28,29). The molecular formula is C22H25N5O3S. The van der Waals surface area contributed by atoms with Gasteiger partial charge in [0.15, 0.2) is 11.0 Å². The summed E-state index contributed by atoms with van der Waals surface area (Å²) >= 11 is 1.25. The van der Waals surface area contributed by atoms with Crippen LogP contribution in [0.2, 0.25) is 0 Å². The summed E-state index contributed by atoms with van der Waals surface area (Å²) in [6.07, 6.45) is 5.75. The molecule has 1 atom stereocenters. The van der Waals surface area contributed by atoms with Crippen molar-refractivity contribution in [2.24, 2.45) is 0 Å². The van der Waals surface area contributed by atoms with Crippen molar-refractivity contribution < 1.29 is 14.0 Å². The molecule has 31 heavy (non-hydrogen) atoms. The Bertz CT molecular complexity index is 1060. The van der Waals surface area contributed by atoms with E-state index in [1.807, 2.05) is 47.9 Å². The SMILES string of the molecule is Cc1occc1-c1nnc(SC(C)C(=O)NC(=O)NC2CCCC2)n1-c1ccccc1. The Hall–Kier alpha value is -3.07. The van der Waals surface area contributed by atoms with Crippen molar-refractivity contribution in [2.45, 2.75) is 56.0 Å². The first-order valence-electron chi connectivity index (χ1n) is 10.4. The number of nitrogens with zero attached hydrogens (tertiary/aromatic N) is 3. The second kappa shape index (κ2) is 9.38. The molecule has 9 heteroatoms. The van der Waals surface area contributed by atoms with Crippen LogP contribution in [0.15, 0.2) is 52.2 Å². The number of para-hydroxylation sites is 1. The summed E-state index contributed by atoms with van der Waals surface area (Å²) in [5.74, 6) is 0.992. The lowest BCUT2D eigenvalue weighted by Gasteiger charge is -2.15. The van der Waals surface area contributed by atoms with E-state index in [-0.39, 0.29) is 11.9 Å². The van der Waals surface area contributed by atoms with Gasteiger partial charge in [0.2, 0.25) is 5.91 Å². The van der Waals surface area contributed by atoms with Crippen molar-refractivity contribution in [1.82, 2.24) is 25.4 Å². The second-order valence-corrected chi connectivity index (χ2v) is 8.88. The normalized spacial score (nSPS) is 15.0. The molecule has 8 nitrogen and oxygen atoms in total. The number of carbonyl (C=O) groups excluding carboxylic acids is 2. The number of aryl methyl sites for hydroxylation is 1. The van der Waals surface area contributed by atoms with E-state index in [1.165, 1.54) is 11.8 Å². The Balaban J connectivity index is 1.52. The smallest absolute Gasteiger partial charge is 0.321 e. The Morgan fingerprint density at radius 1 is 1.16 bits per heavy atom. The van der Waals surface area contributed by atoms with Gasteiger partial charge in [-0.25, -0.2) is 4.79 Å². The van der Waals surface area contributed by atoms with Gasteiger partial charge in [-0.15, -0.1) is 10.2 Å². The van der Waals surface area contributed by atoms with Gasteiger partial charge in [-0.05, 0) is 44.9 Å². The topological polar surface area (TPSA) is 102 Å². The van der Waals surface area contributed by atoms with E-state index in [9.17, 15) is 9.59 Å². The number of rotatable bonds is 6. The number of nitrogens with one attached hydrogen (secondary N) is 2. The largest absolute Gasteiger partial charge is 0.469 e. The molecule has 162 valence electrons. The maximum atomic E-state index is 12.6. The van der Waals surface area contributed by atoms with E-state index in [2.05, 4.69) is 20.8 Å². The lowest BCUT2D eigenvalue weighted by Crippen LogP contribution is -2.45. The molecule has 0 radical (unpaired) electrons. The van der Waals surface area contributed by atoms with E-state index < -0.39 is 11.3 Å². The third-order valence-corrected chi connectivity index (χ3v) is 6.37. The number of thioether (sulfide) groups is 1. The predicted molar refractivity (Wildman–Crippen MR) is 118 cm³/mol. The minimum absolute atomic E-state index is 0.151. The summed E-state index contributed by atoms with van der Waals surface area (Å²) in [4.78, 5) is 24.8. The van der Waals surface area contributed by atoms with Crippen LogP contribution in [-0.4, -0.2) is 38.0 Å². The first-order chi connectivity index (χ1) is 15.0.